The van der Waals surface area contributed by atoms with E-state index < -0.39 is 11.6 Å². The summed E-state index contributed by atoms with van der Waals surface area (Å²) in [4.78, 5) is 8.53. The fourth-order valence-electron chi connectivity index (χ4n) is 2.17. The van der Waals surface area contributed by atoms with E-state index in [0.29, 0.717) is 32.9 Å². The fraction of sp³-hybridized carbons (Fsp3) is 0.0588. The molecule has 8 heteroatoms. The van der Waals surface area contributed by atoms with E-state index in [0.717, 1.165) is 12.1 Å². The molecule has 0 aliphatic heterocycles. The highest BCUT2D eigenvalue weighted by Gasteiger charge is 2.07. The summed E-state index contributed by atoms with van der Waals surface area (Å²) in [6.07, 6.45) is 0. The van der Waals surface area contributed by atoms with Crippen LogP contribution in [0, 0.1) is 18.6 Å². The van der Waals surface area contributed by atoms with Crippen molar-refractivity contribution in [1.29, 1.82) is 0 Å². The van der Waals surface area contributed by atoms with Gasteiger partial charge in [-0.05, 0) is 37.3 Å². The first kappa shape index (κ1) is 17.4. The Morgan fingerprint density at radius 2 is 1.52 bits per heavy atom. The van der Waals surface area contributed by atoms with Crippen molar-refractivity contribution in [2.45, 2.75) is 6.92 Å². The number of nitrogens with one attached hydrogen (secondary N) is 2. The molecule has 2 aromatic carbocycles. The second kappa shape index (κ2) is 7.21. The minimum absolute atomic E-state index is 0.238. The van der Waals surface area contributed by atoms with Gasteiger partial charge in [-0.1, -0.05) is 23.2 Å². The number of rotatable bonds is 4. The molecule has 0 amide bonds. The molecule has 0 aliphatic rings. The molecule has 0 bridgehead atoms. The summed E-state index contributed by atoms with van der Waals surface area (Å²) < 4.78 is 26.3. The van der Waals surface area contributed by atoms with Crippen molar-refractivity contribution in [3.63, 3.8) is 0 Å². The van der Waals surface area contributed by atoms with Crippen LogP contribution in [0.15, 0.2) is 42.5 Å². The lowest BCUT2D eigenvalue weighted by Gasteiger charge is -2.11. The molecular weight excluding hydrogens is 369 g/mol. The molecule has 0 atom stereocenters. The molecule has 0 saturated heterocycles. The lowest BCUT2D eigenvalue weighted by Crippen LogP contribution is -2.03. The van der Waals surface area contributed by atoms with Crippen LogP contribution in [0.2, 0.25) is 10.0 Å². The van der Waals surface area contributed by atoms with E-state index >= 15 is 0 Å². The third kappa shape index (κ3) is 4.55. The summed E-state index contributed by atoms with van der Waals surface area (Å²) in [7, 11) is 0. The predicted molar refractivity (Wildman–Crippen MR) is 96.2 cm³/mol. The minimum Gasteiger partial charge on any atom is -0.340 e. The summed E-state index contributed by atoms with van der Waals surface area (Å²) in [6, 6.07) is 10.2. The van der Waals surface area contributed by atoms with Crippen LogP contribution in [-0.4, -0.2) is 9.97 Å². The molecule has 1 aromatic heterocycles. The van der Waals surface area contributed by atoms with E-state index in [-0.39, 0.29) is 5.95 Å². The quantitative estimate of drug-likeness (QED) is 0.595. The summed E-state index contributed by atoms with van der Waals surface area (Å²) in [6.45, 7) is 1.79. The van der Waals surface area contributed by atoms with Crippen LogP contribution in [0.3, 0.4) is 0 Å². The van der Waals surface area contributed by atoms with Crippen LogP contribution in [-0.2, 0) is 0 Å². The summed E-state index contributed by atoms with van der Waals surface area (Å²) in [5.41, 5.74) is 1.67. The molecule has 1 heterocycles. The Balaban J connectivity index is 1.85. The third-order valence-corrected chi connectivity index (χ3v) is 3.60. The first-order chi connectivity index (χ1) is 11.9. The van der Waals surface area contributed by atoms with Gasteiger partial charge in [-0.25, -0.2) is 13.8 Å². The van der Waals surface area contributed by atoms with Crippen molar-refractivity contribution in [3.05, 3.63) is 69.8 Å². The van der Waals surface area contributed by atoms with E-state index in [1.807, 2.05) is 0 Å². The Kier molecular flexibility index (Phi) is 5.01. The normalized spacial score (nSPS) is 10.6. The number of aromatic nitrogens is 2. The maximum Gasteiger partial charge on any atom is 0.229 e. The highest BCUT2D eigenvalue weighted by atomic mass is 35.5. The second-order valence-corrected chi connectivity index (χ2v) is 6.13. The largest absolute Gasteiger partial charge is 0.340 e. The van der Waals surface area contributed by atoms with Crippen molar-refractivity contribution < 1.29 is 8.78 Å². The van der Waals surface area contributed by atoms with Gasteiger partial charge in [-0.15, -0.1) is 0 Å². The Bertz CT molecular complexity index is 914. The van der Waals surface area contributed by atoms with Gasteiger partial charge in [0.25, 0.3) is 0 Å². The van der Waals surface area contributed by atoms with Gasteiger partial charge in [0.15, 0.2) is 11.6 Å². The summed E-state index contributed by atoms with van der Waals surface area (Å²) in [5, 5.41) is 6.89. The monoisotopic (exact) mass is 380 g/mol. The van der Waals surface area contributed by atoms with E-state index in [9.17, 15) is 8.78 Å². The van der Waals surface area contributed by atoms with Gasteiger partial charge in [0, 0.05) is 39.2 Å². The van der Waals surface area contributed by atoms with Crippen LogP contribution in [0.4, 0.5) is 31.9 Å². The van der Waals surface area contributed by atoms with E-state index in [2.05, 4.69) is 20.6 Å². The van der Waals surface area contributed by atoms with Crippen LogP contribution < -0.4 is 10.6 Å². The number of anilines is 4. The molecule has 4 nitrogen and oxygen atoms in total. The molecule has 0 fully saturated rings. The number of aryl methyl sites for hydroxylation is 1. The Hall–Kier alpha value is -2.44. The zero-order valence-corrected chi connectivity index (χ0v) is 14.5. The zero-order chi connectivity index (χ0) is 18.0. The van der Waals surface area contributed by atoms with E-state index in [4.69, 9.17) is 23.2 Å². The predicted octanol–water partition coefficient (Wildman–Crippen LogP) is 5.86. The smallest absolute Gasteiger partial charge is 0.229 e. The van der Waals surface area contributed by atoms with Gasteiger partial charge in [0.2, 0.25) is 5.95 Å². The second-order valence-electron chi connectivity index (χ2n) is 5.26. The molecule has 25 heavy (non-hydrogen) atoms. The molecule has 0 aliphatic carbocycles. The molecule has 0 spiro atoms. The average molecular weight is 381 g/mol. The number of hydrogen-bond acceptors (Lipinski definition) is 4. The lowest BCUT2D eigenvalue weighted by molar-refractivity contribution is 0.509. The van der Waals surface area contributed by atoms with Gasteiger partial charge in [-0.2, -0.15) is 4.98 Å². The van der Waals surface area contributed by atoms with Crippen molar-refractivity contribution in [1.82, 2.24) is 9.97 Å². The van der Waals surface area contributed by atoms with Crippen molar-refractivity contribution in [3.8, 4) is 0 Å². The maximum absolute atomic E-state index is 13.3. The molecule has 3 rings (SSSR count). The number of halogens is 4. The van der Waals surface area contributed by atoms with Crippen LogP contribution in [0.5, 0.6) is 0 Å². The highest BCUT2D eigenvalue weighted by molar-refractivity contribution is 6.35. The highest BCUT2D eigenvalue weighted by Crippen LogP contribution is 2.25. The molecule has 0 unspecified atom stereocenters. The van der Waals surface area contributed by atoms with Gasteiger partial charge in [-0.3, -0.25) is 0 Å². The van der Waals surface area contributed by atoms with Gasteiger partial charge >= 0.3 is 0 Å². The Morgan fingerprint density at radius 1 is 0.800 bits per heavy atom. The third-order valence-electron chi connectivity index (χ3n) is 3.16. The molecule has 0 radical (unpaired) electrons. The van der Waals surface area contributed by atoms with Crippen LogP contribution >= 0.6 is 23.2 Å². The fourth-order valence-corrected chi connectivity index (χ4v) is 2.69. The maximum atomic E-state index is 13.3. The van der Waals surface area contributed by atoms with Crippen molar-refractivity contribution in [2.75, 3.05) is 10.6 Å². The van der Waals surface area contributed by atoms with Crippen molar-refractivity contribution in [2.24, 2.45) is 0 Å². The molecule has 0 saturated carbocycles. The number of hydrogen-bond donors (Lipinski definition) is 2. The SMILES string of the molecule is Cc1cc(Nc2cc(Cl)cc(Cl)c2)nc(Nc2ccc(F)c(F)c2)n1. The topological polar surface area (TPSA) is 49.8 Å². The molecule has 2 N–H and O–H groups in total. The molecule has 128 valence electrons. The zero-order valence-electron chi connectivity index (χ0n) is 12.9. The minimum atomic E-state index is -0.954. The Morgan fingerprint density at radius 3 is 2.20 bits per heavy atom. The lowest BCUT2D eigenvalue weighted by atomic mass is 10.3. The first-order valence-electron chi connectivity index (χ1n) is 7.20. The number of benzene rings is 2. The van der Waals surface area contributed by atoms with E-state index in [1.54, 1.807) is 31.2 Å². The van der Waals surface area contributed by atoms with Gasteiger partial charge in [0.1, 0.15) is 5.82 Å². The standard InChI is InChI=1S/C17H12Cl2F2N4/c1-9-4-16(23-13-6-10(18)5-11(19)7-13)25-17(22-9)24-12-2-3-14(20)15(21)8-12/h2-8H,1H3,(H2,22,23,24,25). The molecular formula is C17H12Cl2F2N4. The number of nitrogens with zero attached hydrogens (tertiary/aromatic N) is 2. The average Bonchev–Trinajstić information content (AvgIpc) is 2.49. The van der Waals surface area contributed by atoms with Gasteiger partial charge < -0.3 is 10.6 Å². The van der Waals surface area contributed by atoms with E-state index in [1.165, 1.54) is 6.07 Å². The van der Waals surface area contributed by atoms with Gasteiger partial charge in [0.05, 0.1) is 0 Å². The van der Waals surface area contributed by atoms with Crippen LogP contribution in [0.1, 0.15) is 5.69 Å². The van der Waals surface area contributed by atoms with Crippen LogP contribution in [0.25, 0.3) is 0 Å². The summed E-state index contributed by atoms with van der Waals surface area (Å²) in [5.74, 6) is -1.14. The first-order valence-corrected chi connectivity index (χ1v) is 7.95. The van der Waals surface area contributed by atoms with Crippen molar-refractivity contribution >= 4 is 46.3 Å². The summed E-state index contributed by atoms with van der Waals surface area (Å²) >= 11 is 12.0. The Labute approximate surface area is 152 Å². The molecule has 3 aromatic rings.